The number of anilines is 1. The zero-order valence-corrected chi connectivity index (χ0v) is 14.2. The predicted octanol–water partition coefficient (Wildman–Crippen LogP) is 0.989. The van der Waals surface area contributed by atoms with Crippen LogP contribution in [0.5, 0.6) is 0 Å². The van der Waals surface area contributed by atoms with E-state index in [1.165, 1.54) is 0 Å². The molecule has 6 heteroatoms. The summed E-state index contributed by atoms with van der Waals surface area (Å²) in [6.07, 6.45) is 1.82. The zero-order chi connectivity index (χ0) is 16.9. The lowest BCUT2D eigenvalue weighted by molar-refractivity contribution is 0.147. The number of benzene rings is 1. The van der Waals surface area contributed by atoms with E-state index in [0.717, 1.165) is 43.0 Å². The highest BCUT2D eigenvalue weighted by atomic mass is 16.3. The highest BCUT2D eigenvalue weighted by molar-refractivity contribution is 5.75. The van der Waals surface area contributed by atoms with Crippen LogP contribution in [-0.4, -0.2) is 71.0 Å². The Balaban J connectivity index is 1.74. The van der Waals surface area contributed by atoms with E-state index in [4.69, 9.17) is 4.98 Å². The number of nitrogens with zero attached hydrogens (tertiary/aromatic N) is 4. The van der Waals surface area contributed by atoms with E-state index in [2.05, 4.69) is 21.7 Å². The molecular weight excluding hydrogens is 304 g/mol. The molecule has 2 atom stereocenters. The van der Waals surface area contributed by atoms with Crippen LogP contribution < -0.4 is 4.90 Å². The van der Waals surface area contributed by atoms with E-state index in [1.54, 1.807) is 0 Å². The van der Waals surface area contributed by atoms with E-state index >= 15 is 0 Å². The molecular formula is C18H26N4O2. The summed E-state index contributed by atoms with van der Waals surface area (Å²) in [5, 5.41) is 18.9. The quantitative estimate of drug-likeness (QED) is 0.789. The number of likely N-dealkylation sites (N-methyl/N-ethyl adjacent to an activating group) is 1. The Morgan fingerprint density at radius 3 is 2.62 bits per heavy atom. The monoisotopic (exact) mass is 330 g/mol. The summed E-state index contributed by atoms with van der Waals surface area (Å²) in [4.78, 5) is 13.7. The Morgan fingerprint density at radius 1 is 1.17 bits per heavy atom. The van der Waals surface area contributed by atoms with Crippen molar-refractivity contribution >= 4 is 16.9 Å². The number of aromatic nitrogens is 2. The molecule has 1 aliphatic rings. The third-order valence-electron chi connectivity index (χ3n) is 4.93. The van der Waals surface area contributed by atoms with Gasteiger partial charge < -0.3 is 20.0 Å². The van der Waals surface area contributed by atoms with Gasteiger partial charge in [0.05, 0.1) is 23.8 Å². The van der Waals surface area contributed by atoms with Gasteiger partial charge in [0.2, 0.25) is 0 Å². The molecule has 0 amide bonds. The first-order valence-corrected chi connectivity index (χ1v) is 8.66. The molecule has 2 heterocycles. The Labute approximate surface area is 142 Å². The largest absolute Gasteiger partial charge is 0.396 e. The first-order valence-electron chi connectivity index (χ1n) is 8.66. The molecule has 0 spiro atoms. The van der Waals surface area contributed by atoms with Gasteiger partial charge in [-0.1, -0.05) is 19.1 Å². The van der Waals surface area contributed by atoms with Crippen molar-refractivity contribution < 1.29 is 10.2 Å². The number of hydrogen-bond donors (Lipinski definition) is 2. The zero-order valence-electron chi connectivity index (χ0n) is 14.2. The standard InChI is InChI=1S/C18H26N4O2/c1-2-21(7-8-23)10-14-11-22(12-15(14)13-24)18-9-19-16-5-3-4-6-17(16)20-18/h3-6,9,14-15,23-24H,2,7-8,10-13H2,1H3/t14-,15-/m1/s1. The third-order valence-corrected chi connectivity index (χ3v) is 4.93. The smallest absolute Gasteiger partial charge is 0.147 e. The van der Waals surface area contributed by atoms with Crippen LogP contribution in [0.25, 0.3) is 11.0 Å². The predicted molar refractivity (Wildman–Crippen MR) is 95.0 cm³/mol. The summed E-state index contributed by atoms with van der Waals surface area (Å²) in [6, 6.07) is 7.87. The highest BCUT2D eigenvalue weighted by Gasteiger charge is 2.34. The van der Waals surface area contributed by atoms with Gasteiger partial charge in [0, 0.05) is 38.7 Å². The molecule has 0 bridgehead atoms. The number of aliphatic hydroxyl groups excluding tert-OH is 2. The Kier molecular flexibility index (Phi) is 5.60. The molecule has 2 N–H and O–H groups in total. The van der Waals surface area contributed by atoms with Gasteiger partial charge in [-0.15, -0.1) is 0 Å². The maximum atomic E-state index is 9.76. The topological polar surface area (TPSA) is 72.7 Å². The Hall–Kier alpha value is -1.76. The Bertz CT molecular complexity index is 666. The fourth-order valence-electron chi connectivity index (χ4n) is 3.49. The second-order valence-electron chi connectivity index (χ2n) is 6.44. The van der Waals surface area contributed by atoms with Crippen molar-refractivity contribution in [1.29, 1.82) is 0 Å². The minimum Gasteiger partial charge on any atom is -0.396 e. The highest BCUT2D eigenvalue weighted by Crippen LogP contribution is 2.28. The molecule has 0 radical (unpaired) electrons. The van der Waals surface area contributed by atoms with Crippen LogP contribution in [0.1, 0.15) is 6.92 Å². The van der Waals surface area contributed by atoms with Crippen LogP contribution in [0, 0.1) is 11.8 Å². The van der Waals surface area contributed by atoms with E-state index in [-0.39, 0.29) is 19.1 Å². The summed E-state index contributed by atoms with van der Waals surface area (Å²) in [5.41, 5.74) is 1.80. The van der Waals surface area contributed by atoms with Crippen LogP contribution in [0.2, 0.25) is 0 Å². The molecule has 1 fully saturated rings. The number of rotatable bonds is 7. The van der Waals surface area contributed by atoms with Crippen molar-refractivity contribution in [2.45, 2.75) is 6.92 Å². The fourth-order valence-corrected chi connectivity index (χ4v) is 3.49. The first-order chi connectivity index (χ1) is 11.7. The number of hydrogen-bond acceptors (Lipinski definition) is 6. The van der Waals surface area contributed by atoms with Gasteiger partial charge in [-0.05, 0) is 24.6 Å². The van der Waals surface area contributed by atoms with Gasteiger partial charge in [-0.3, -0.25) is 4.98 Å². The van der Waals surface area contributed by atoms with Gasteiger partial charge in [0.1, 0.15) is 5.82 Å². The summed E-state index contributed by atoms with van der Waals surface area (Å²) >= 11 is 0. The van der Waals surface area contributed by atoms with E-state index < -0.39 is 0 Å². The molecule has 3 rings (SSSR count). The number of para-hydroxylation sites is 2. The second kappa shape index (κ2) is 7.88. The normalized spacial score (nSPS) is 21.1. The minimum absolute atomic E-state index is 0.171. The fraction of sp³-hybridized carbons (Fsp3) is 0.556. The van der Waals surface area contributed by atoms with Crippen molar-refractivity contribution in [3.63, 3.8) is 0 Å². The minimum atomic E-state index is 0.171. The van der Waals surface area contributed by atoms with E-state index in [0.29, 0.717) is 12.5 Å². The Morgan fingerprint density at radius 2 is 1.92 bits per heavy atom. The van der Waals surface area contributed by atoms with Crippen LogP contribution in [-0.2, 0) is 0 Å². The van der Waals surface area contributed by atoms with Gasteiger partial charge in [-0.2, -0.15) is 0 Å². The average molecular weight is 330 g/mol. The third kappa shape index (κ3) is 3.66. The second-order valence-corrected chi connectivity index (χ2v) is 6.44. The van der Waals surface area contributed by atoms with Crippen molar-refractivity contribution in [3.8, 4) is 0 Å². The summed E-state index contributed by atoms with van der Waals surface area (Å²) in [5.74, 6) is 1.47. The average Bonchev–Trinajstić information content (AvgIpc) is 3.03. The summed E-state index contributed by atoms with van der Waals surface area (Å²) in [7, 11) is 0. The SMILES string of the molecule is CCN(CCO)C[C@@H]1CN(c2cnc3ccccc3n2)C[C@@H]1CO. The van der Waals surface area contributed by atoms with Crippen molar-refractivity contribution in [2.24, 2.45) is 11.8 Å². The van der Waals surface area contributed by atoms with Crippen molar-refractivity contribution in [3.05, 3.63) is 30.5 Å². The number of aliphatic hydroxyl groups is 2. The molecule has 0 aliphatic carbocycles. The van der Waals surface area contributed by atoms with Crippen LogP contribution >= 0.6 is 0 Å². The van der Waals surface area contributed by atoms with Crippen LogP contribution in [0.15, 0.2) is 30.5 Å². The molecule has 24 heavy (non-hydrogen) atoms. The lowest BCUT2D eigenvalue weighted by Gasteiger charge is -2.25. The van der Waals surface area contributed by atoms with E-state index in [9.17, 15) is 10.2 Å². The van der Waals surface area contributed by atoms with Gasteiger partial charge in [0.15, 0.2) is 0 Å². The first kappa shape index (κ1) is 17.1. The van der Waals surface area contributed by atoms with Crippen LogP contribution in [0.3, 0.4) is 0 Å². The van der Waals surface area contributed by atoms with Gasteiger partial charge in [0.25, 0.3) is 0 Å². The number of fused-ring (bicyclic) bond motifs is 1. The summed E-state index contributed by atoms with van der Waals surface area (Å²) in [6.45, 7) is 6.59. The van der Waals surface area contributed by atoms with Gasteiger partial charge >= 0.3 is 0 Å². The summed E-state index contributed by atoms with van der Waals surface area (Å²) < 4.78 is 0. The molecule has 0 unspecified atom stereocenters. The van der Waals surface area contributed by atoms with Crippen molar-refractivity contribution in [2.75, 3.05) is 50.8 Å². The molecule has 0 saturated carbocycles. The molecule has 2 aromatic rings. The van der Waals surface area contributed by atoms with Crippen LogP contribution in [0.4, 0.5) is 5.82 Å². The molecule has 1 saturated heterocycles. The molecule has 130 valence electrons. The lowest BCUT2D eigenvalue weighted by Crippen LogP contribution is -2.35. The molecule has 6 nitrogen and oxygen atoms in total. The van der Waals surface area contributed by atoms with E-state index in [1.807, 2.05) is 30.5 Å². The van der Waals surface area contributed by atoms with Gasteiger partial charge in [-0.25, -0.2) is 4.98 Å². The molecule has 1 aliphatic heterocycles. The maximum absolute atomic E-state index is 9.76. The molecule has 1 aromatic carbocycles. The van der Waals surface area contributed by atoms with Crippen molar-refractivity contribution in [1.82, 2.24) is 14.9 Å². The molecule has 1 aromatic heterocycles. The lowest BCUT2D eigenvalue weighted by atomic mass is 9.96. The maximum Gasteiger partial charge on any atom is 0.147 e.